The van der Waals surface area contributed by atoms with Gasteiger partial charge in [0.05, 0.1) is 0 Å². The summed E-state index contributed by atoms with van der Waals surface area (Å²) in [5, 5.41) is 10.7. The number of benzene rings is 2. The van der Waals surface area contributed by atoms with Gasteiger partial charge in [-0.1, -0.05) is 96.1 Å². The Hall–Kier alpha value is -0.866. The van der Waals surface area contributed by atoms with E-state index in [1.54, 1.807) is 6.92 Å². The van der Waals surface area contributed by atoms with Crippen LogP contribution in [0.15, 0.2) is 54.6 Å². The van der Waals surface area contributed by atoms with Gasteiger partial charge in [0.1, 0.15) is 5.60 Å². The minimum Gasteiger partial charge on any atom is -0.381 e. The van der Waals surface area contributed by atoms with Gasteiger partial charge in [-0.3, -0.25) is 9.69 Å². The van der Waals surface area contributed by atoms with Crippen LogP contribution in [0.4, 0.5) is 0 Å². The molecule has 1 atom stereocenters. The summed E-state index contributed by atoms with van der Waals surface area (Å²) in [6.07, 6.45) is 1.25. The number of carbonyl (C=O) groups excluding carboxylic acids is 1. The summed E-state index contributed by atoms with van der Waals surface area (Å²) in [6, 6.07) is 18.0. The van der Waals surface area contributed by atoms with Crippen LogP contribution in [-0.2, 0) is 56.9 Å². The predicted octanol–water partition coefficient (Wildman–Crippen LogP) is 6.13. The third-order valence-electron chi connectivity index (χ3n) is 4.55. The Labute approximate surface area is 217 Å². The third-order valence-corrected chi connectivity index (χ3v) is 4.55. The Kier molecular flexibility index (Phi) is 22.2. The molecule has 0 spiro atoms. The van der Waals surface area contributed by atoms with Crippen LogP contribution < -0.4 is 0 Å². The number of hydrogen-bond acceptors (Lipinski definition) is 3. The van der Waals surface area contributed by atoms with Crippen LogP contribution in [0.3, 0.4) is 0 Å². The molecule has 3 nitrogen and oxygen atoms in total. The van der Waals surface area contributed by atoms with Gasteiger partial charge in [-0.2, -0.15) is 0 Å². The van der Waals surface area contributed by atoms with Gasteiger partial charge in [0.15, 0.2) is 5.78 Å². The third kappa shape index (κ3) is 12.1. The van der Waals surface area contributed by atoms with Gasteiger partial charge in [0, 0.05) is 58.8 Å². The van der Waals surface area contributed by atoms with E-state index >= 15 is 0 Å². The molecule has 1 aliphatic heterocycles. The summed E-state index contributed by atoms with van der Waals surface area (Å²) in [7, 11) is 0. The van der Waals surface area contributed by atoms with Crippen LogP contribution in [0, 0.1) is 7.43 Å². The van der Waals surface area contributed by atoms with Crippen molar-refractivity contribution in [3.05, 3.63) is 78.7 Å². The standard InChI is InChI=1S/C20H23NO2.3C2H6.CH3.Y/c1-20(23,19(22)13-16-7-3-2-4-8-16)15-21-12-11-17-9-5-6-10-18(17)14-21;3*1-2;;/h2-10,23H,11-15H2,1H3;3*1-2H3;1H3;/q;;;;-1;/t20-;;;;;/m0...../s1. The molecule has 0 bridgehead atoms. The second kappa shape index (κ2) is 19.8. The van der Waals surface area contributed by atoms with E-state index in [9.17, 15) is 9.90 Å². The van der Waals surface area contributed by atoms with Gasteiger partial charge in [-0.15, -0.1) is 0 Å². The van der Waals surface area contributed by atoms with E-state index in [1.165, 1.54) is 11.1 Å². The summed E-state index contributed by atoms with van der Waals surface area (Å²) in [5.74, 6) is -0.123. The smallest absolute Gasteiger partial charge is 0.169 e. The molecule has 173 valence electrons. The van der Waals surface area contributed by atoms with Crippen molar-refractivity contribution in [3.63, 3.8) is 0 Å². The first kappa shape index (κ1) is 34.7. The van der Waals surface area contributed by atoms with Gasteiger partial charge in [0.25, 0.3) is 0 Å². The molecule has 1 radical (unpaired) electrons. The summed E-state index contributed by atoms with van der Waals surface area (Å²) >= 11 is 0. The van der Waals surface area contributed by atoms with Crippen LogP contribution in [0.2, 0.25) is 0 Å². The van der Waals surface area contributed by atoms with Crippen LogP contribution in [0.25, 0.3) is 0 Å². The van der Waals surface area contributed by atoms with E-state index in [0.717, 1.165) is 25.1 Å². The molecular weight excluding hydrogens is 459 g/mol. The molecule has 1 N–H and O–H groups in total. The Morgan fingerprint density at radius 1 is 0.903 bits per heavy atom. The monoisotopic (exact) mass is 503 g/mol. The normalized spacial score (nSPS) is 13.4. The van der Waals surface area contributed by atoms with Crippen LogP contribution >= 0.6 is 0 Å². The van der Waals surface area contributed by atoms with Crippen molar-refractivity contribution >= 4 is 5.78 Å². The first-order valence-corrected chi connectivity index (χ1v) is 11.1. The minimum absolute atomic E-state index is 0. The number of aliphatic hydroxyl groups is 1. The first-order chi connectivity index (χ1) is 14.0. The van der Waals surface area contributed by atoms with Crippen LogP contribution in [0.1, 0.15) is 65.2 Å². The van der Waals surface area contributed by atoms with Gasteiger partial charge in [-0.05, 0) is 30.0 Å². The largest absolute Gasteiger partial charge is 0.381 e. The summed E-state index contributed by atoms with van der Waals surface area (Å²) in [6.45, 7) is 15.7. The van der Waals surface area contributed by atoms with Gasteiger partial charge in [-0.25, -0.2) is 0 Å². The number of Topliss-reactive ketones (excluding diaryl/α,β-unsaturated/α-hetero) is 1. The summed E-state index contributed by atoms with van der Waals surface area (Å²) in [4.78, 5) is 14.6. The molecule has 0 amide bonds. The van der Waals surface area contributed by atoms with Crippen molar-refractivity contribution in [2.45, 2.75) is 73.5 Å². The fraction of sp³-hybridized carbons (Fsp3) is 0.481. The molecule has 0 fully saturated rings. The number of fused-ring (bicyclic) bond motifs is 1. The molecule has 2 aromatic rings. The topological polar surface area (TPSA) is 40.5 Å². The zero-order valence-corrected chi connectivity index (χ0v) is 24.0. The van der Waals surface area contributed by atoms with Crippen molar-refractivity contribution in [1.82, 2.24) is 4.90 Å². The van der Waals surface area contributed by atoms with E-state index < -0.39 is 5.60 Å². The minimum atomic E-state index is -1.32. The fourth-order valence-electron chi connectivity index (χ4n) is 3.18. The number of nitrogens with zero attached hydrogens (tertiary/aromatic N) is 1. The van der Waals surface area contributed by atoms with Crippen molar-refractivity contribution in [1.29, 1.82) is 0 Å². The molecule has 4 heteroatoms. The fourth-order valence-corrected chi connectivity index (χ4v) is 3.18. The van der Waals surface area contributed by atoms with E-state index in [4.69, 9.17) is 0 Å². The molecule has 0 saturated heterocycles. The van der Waals surface area contributed by atoms with Crippen molar-refractivity contribution in [2.24, 2.45) is 0 Å². The molecule has 0 aromatic heterocycles. The zero-order chi connectivity index (χ0) is 22.3. The van der Waals surface area contributed by atoms with E-state index in [1.807, 2.05) is 77.9 Å². The second-order valence-electron chi connectivity index (χ2n) is 6.59. The Morgan fingerprint density at radius 3 is 1.94 bits per heavy atom. The Bertz CT molecular complexity index is 687. The van der Waals surface area contributed by atoms with Crippen molar-refractivity contribution < 1.29 is 42.6 Å². The average molecular weight is 504 g/mol. The number of β-amino-alcohol motifs (C(OH)–C–C–N with tert-alkyl or cyclic N) is 1. The van der Waals surface area contributed by atoms with Crippen molar-refractivity contribution in [2.75, 3.05) is 13.1 Å². The quantitative estimate of drug-likeness (QED) is 0.499. The van der Waals surface area contributed by atoms with Crippen LogP contribution in [0.5, 0.6) is 0 Å². The SMILES string of the molecule is CC.CC.CC.C[C@](O)(CN1CCc2ccccc2C1)C(=O)Cc1ccccc1.[CH3-].[Y]. The predicted molar refractivity (Wildman–Crippen MR) is 132 cm³/mol. The Morgan fingerprint density at radius 2 is 1.39 bits per heavy atom. The number of carbonyl (C=O) groups is 1. The van der Waals surface area contributed by atoms with Crippen LogP contribution in [-0.4, -0.2) is 34.5 Å². The van der Waals surface area contributed by atoms with Gasteiger partial charge < -0.3 is 12.5 Å². The van der Waals surface area contributed by atoms with Gasteiger partial charge in [0.2, 0.25) is 0 Å². The van der Waals surface area contributed by atoms with Crippen molar-refractivity contribution in [3.8, 4) is 0 Å². The maximum absolute atomic E-state index is 12.5. The van der Waals surface area contributed by atoms with E-state index in [2.05, 4.69) is 23.1 Å². The first-order valence-electron chi connectivity index (χ1n) is 11.1. The molecule has 1 aliphatic rings. The molecule has 1 heterocycles. The molecule has 0 aliphatic carbocycles. The summed E-state index contributed by atoms with van der Waals surface area (Å²) < 4.78 is 0. The summed E-state index contributed by atoms with van der Waals surface area (Å²) in [5.41, 5.74) is 2.30. The zero-order valence-electron chi connectivity index (χ0n) is 21.1. The number of rotatable bonds is 5. The van der Waals surface area contributed by atoms with E-state index in [-0.39, 0.29) is 52.3 Å². The molecule has 3 rings (SSSR count). The molecule has 0 saturated carbocycles. The average Bonchev–Trinajstić information content (AvgIpc) is 2.78. The molecule has 31 heavy (non-hydrogen) atoms. The maximum atomic E-state index is 12.5. The molecule has 0 unspecified atom stereocenters. The molecule has 2 aromatic carbocycles. The number of ketones is 1. The second-order valence-corrected chi connectivity index (χ2v) is 6.59. The maximum Gasteiger partial charge on any atom is 0.169 e. The van der Waals surface area contributed by atoms with Gasteiger partial charge >= 0.3 is 0 Å². The Balaban J connectivity index is -0.000000904. The number of hydrogen-bond donors (Lipinski definition) is 1. The molecular formula is C27H44NO2Y-. The van der Waals surface area contributed by atoms with E-state index in [0.29, 0.717) is 6.54 Å².